The van der Waals surface area contributed by atoms with Gasteiger partial charge in [-0.05, 0) is 29.8 Å². The van der Waals surface area contributed by atoms with Crippen molar-refractivity contribution < 1.29 is 18.7 Å². The van der Waals surface area contributed by atoms with E-state index in [-0.39, 0.29) is 18.4 Å². The normalized spacial score (nSPS) is 14.2. The third kappa shape index (κ3) is 5.49. The zero-order chi connectivity index (χ0) is 23.2. The first-order valence-electron chi connectivity index (χ1n) is 10.8. The molecule has 3 heterocycles. The second kappa shape index (κ2) is 10.2. The molecule has 2 amide bonds. The van der Waals surface area contributed by atoms with Gasteiger partial charge in [0.25, 0.3) is 0 Å². The van der Waals surface area contributed by atoms with E-state index in [1.165, 1.54) is 0 Å². The number of anilines is 1. The van der Waals surface area contributed by atoms with Crippen LogP contribution in [-0.2, 0) is 16.1 Å². The number of nitrogens with zero attached hydrogens (tertiary/aromatic N) is 4. The van der Waals surface area contributed by atoms with Gasteiger partial charge in [0.15, 0.2) is 11.7 Å². The number of pyridine rings is 1. The van der Waals surface area contributed by atoms with Gasteiger partial charge in [-0.3, -0.25) is 14.6 Å². The Balaban J connectivity index is 1.38. The van der Waals surface area contributed by atoms with Gasteiger partial charge in [0.2, 0.25) is 11.8 Å². The minimum absolute atomic E-state index is 0.0303. The average Bonchev–Trinajstić information content (AvgIpc) is 3.19. The SMILES string of the molecule is COc1cc(N2CCC(=O)N(CC(=O)NCc3ccncc3)CC2)ccc1-c1cnc(C)o1. The van der Waals surface area contributed by atoms with Crippen LogP contribution >= 0.6 is 0 Å². The van der Waals surface area contributed by atoms with Crippen LogP contribution in [0.4, 0.5) is 5.69 Å². The average molecular weight is 450 g/mol. The number of methoxy groups -OCH3 is 1. The van der Waals surface area contributed by atoms with Gasteiger partial charge in [-0.1, -0.05) is 0 Å². The molecule has 0 radical (unpaired) electrons. The number of benzene rings is 1. The number of rotatable bonds is 7. The van der Waals surface area contributed by atoms with E-state index in [0.29, 0.717) is 50.0 Å². The number of amides is 2. The molecule has 1 aliphatic rings. The molecule has 33 heavy (non-hydrogen) atoms. The first kappa shape index (κ1) is 22.3. The van der Waals surface area contributed by atoms with E-state index in [9.17, 15) is 9.59 Å². The summed E-state index contributed by atoms with van der Waals surface area (Å²) >= 11 is 0. The number of hydrogen-bond donors (Lipinski definition) is 1. The third-order valence-electron chi connectivity index (χ3n) is 5.60. The second-order valence-corrected chi connectivity index (χ2v) is 7.81. The van der Waals surface area contributed by atoms with E-state index in [1.54, 1.807) is 37.5 Å². The summed E-state index contributed by atoms with van der Waals surface area (Å²) in [5.74, 6) is 1.70. The zero-order valence-corrected chi connectivity index (χ0v) is 18.8. The van der Waals surface area contributed by atoms with Crippen molar-refractivity contribution >= 4 is 17.5 Å². The van der Waals surface area contributed by atoms with Crippen LogP contribution in [0.3, 0.4) is 0 Å². The summed E-state index contributed by atoms with van der Waals surface area (Å²) in [5.41, 5.74) is 2.73. The maximum Gasteiger partial charge on any atom is 0.239 e. The predicted molar refractivity (Wildman–Crippen MR) is 123 cm³/mol. The maximum absolute atomic E-state index is 12.6. The fraction of sp³-hybridized carbons (Fsp3) is 0.333. The lowest BCUT2D eigenvalue weighted by atomic mass is 10.1. The number of nitrogens with one attached hydrogen (secondary N) is 1. The van der Waals surface area contributed by atoms with E-state index < -0.39 is 0 Å². The molecule has 1 fully saturated rings. The van der Waals surface area contributed by atoms with Crippen LogP contribution in [-0.4, -0.2) is 60.0 Å². The Kier molecular flexibility index (Phi) is 6.87. The lowest BCUT2D eigenvalue weighted by molar-refractivity contribution is -0.135. The summed E-state index contributed by atoms with van der Waals surface area (Å²) in [5, 5.41) is 2.86. The molecule has 172 valence electrons. The standard InChI is InChI=1S/C24H27N5O4/c1-17-26-15-22(33-17)20-4-3-19(13-21(20)32-2)28-10-7-24(31)29(12-11-28)16-23(30)27-14-18-5-8-25-9-6-18/h3-6,8-9,13,15H,7,10-12,14,16H2,1-2H3,(H,27,30). The smallest absolute Gasteiger partial charge is 0.239 e. The summed E-state index contributed by atoms with van der Waals surface area (Å²) < 4.78 is 11.2. The highest BCUT2D eigenvalue weighted by molar-refractivity contribution is 5.85. The Morgan fingerprint density at radius 2 is 2.00 bits per heavy atom. The summed E-state index contributed by atoms with van der Waals surface area (Å²) in [6.45, 7) is 3.90. The number of oxazole rings is 1. The Morgan fingerprint density at radius 3 is 2.73 bits per heavy atom. The van der Waals surface area contributed by atoms with Gasteiger partial charge >= 0.3 is 0 Å². The van der Waals surface area contributed by atoms with E-state index in [2.05, 4.69) is 20.2 Å². The molecule has 0 spiro atoms. The van der Waals surface area contributed by atoms with Crippen molar-refractivity contribution in [2.45, 2.75) is 19.9 Å². The van der Waals surface area contributed by atoms with Crippen molar-refractivity contribution in [1.29, 1.82) is 0 Å². The van der Waals surface area contributed by atoms with Crippen LogP contribution < -0.4 is 15.0 Å². The number of carbonyl (C=O) groups excluding carboxylic acids is 2. The first-order chi connectivity index (χ1) is 16.0. The van der Waals surface area contributed by atoms with Crippen LogP contribution in [0.15, 0.2) is 53.3 Å². The largest absolute Gasteiger partial charge is 0.496 e. The number of ether oxygens (including phenoxy) is 1. The Hall–Kier alpha value is -3.88. The molecule has 9 heteroatoms. The predicted octanol–water partition coefficient (Wildman–Crippen LogP) is 2.41. The van der Waals surface area contributed by atoms with Crippen molar-refractivity contribution in [2.24, 2.45) is 0 Å². The molecule has 1 N–H and O–H groups in total. The quantitative estimate of drug-likeness (QED) is 0.591. The van der Waals surface area contributed by atoms with Gasteiger partial charge in [0.1, 0.15) is 5.75 Å². The van der Waals surface area contributed by atoms with Crippen molar-refractivity contribution in [3.05, 3.63) is 60.4 Å². The second-order valence-electron chi connectivity index (χ2n) is 7.81. The number of carbonyl (C=O) groups is 2. The maximum atomic E-state index is 12.6. The molecule has 3 aromatic rings. The van der Waals surface area contributed by atoms with Crippen LogP contribution in [0.5, 0.6) is 5.75 Å². The highest BCUT2D eigenvalue weighted by Gasteiger charge is 2.24. The molecule has 0 atom stereocenters. The Labute approximate surface area is 192 Å². The first-order valence-corrected chi connectivity index (χ1v) is 10.8. The van der Waals surface area contributed by atoms with E-state index in [4.69, 9.17) is 9.15 Å². The molecule has 9 nitrogen and oxygen atoms in total. The molecule has 1 aromatic carbocycles. The highest BCUT2D eigenvalue weighted by atomic mass is 16.5. The third-order valence-corrected chi connectivity index (χ3v) is 5.60. The fourth-order valence-electron chi connectivity index (χ4n) is 3.79. The minimum atomic E-state index is -0.179. The molecule has 4 rings (SSSR count). The Bertz CT molecular complexity index is 1120. The zero-order valence-electron chi connectivity index (χ0n) is 18.8. The van der Waals surface area contributed by atoms with Gasteiger partial charge < -0.3 is 24.3 Å². The minimum Gasteiger partial charge on any atom is -0.496 e. The van der Waals surface area contributed by atoms with Gasteiger partial charge in [0, 0.05) is 63.7 Å². The molecule has 0 aliphatic carbocycles. The molecule has 0 unspecified atom stereocenters. The van der Waals surface area contributed by atoms with E-state index in [0.717, 1.165) is 16.8 Å². The molecular weight excluding hydrogens is 422 g/mol. The van der Waals surface area contributed by atoms with Gasteiger partial charge in [0.05, 0.1) is 25.4 Å². The van der Waals surface area contributed by atoms with Gasteiger partial charge in [-0.2, -0.15) is 0 Å². The van der Waals surface area contributed by atoms with Crippen molar-refractivity contribution in [1.82, 2.24) is 20.2 Å². The summed E-state index contributed by atoms with van der Waals surface area (Å²) in [7, 11) is 1.62. The molecule has 0 bridgehead atoms. The van der Waals surface area contributed by atoms with Crippen LogP contribution in [0.2, 0.25) is 0 Å². The molecule has 2 aromatic heterocycles. The number of aryl methyl sites for hydroxylation is 1. The van der Waals surface area contributed by atoms with Crippen LogP contribution in [0.25, 0.3) is 11.3 Å². The Morgan fingerprint density at radius 1 is 1.18 bits per heavy atom. The van der Waals surface area contributed by atoms with Crippen molar-refractivity contribution in [3.8, 4) is 17.1 Å². The van der Waals surface area contributed by atoms with Crippen molar-refractivity contribution in [2.75, 3.05) is 38.2 Å². The van der Waals surface area contributed by atoms with Gasteiger partial charge in [-0.15, -0.1) is 0 Å². The lowest BCUT2D eigenvalue weighted by Gasteiger charge is -2.24. The number of hydrogen-bond acceptors (Lipinski definition) is 7. The highest BCUT2D eigenvalue weighted by Crippen LogP contribution is 2.34. The van der Waals surface area contributed by atoms with Crippen LogP contribution in [0, 0.1) is 6.92 Å². The van der Waals surface area contributed by atoms with E-state index >= 15 is 0 Å². The van der Waals surface area contributed by atoms with Crippen LogP contribution in [0.1, 0.15) is 17.9 Å². The number of aromatic nitrogens is 2. The molecular formula is C24H27N5O4. The monoisotopic (exact) mass is 449 g/mol. The van der Waals surface area contributed by atoms with Crippen molar-refractivity contribution in [3.63, 3.8) is 0 Å². The topological polar surface area (TPSA) is 101 Å². The summed E-state index contributed by atoms with van der Waals surface area (Å²) in [4.78, 5) is 36.9. The summed E-state index contributed by atoms with van der Waals surface area (Å²) in [6.07, 6.45) is 5.38. The summed E-state index contributed by atoms with van der Waals surface area (Å²) in [6, 6.07) is 9.55. The fourth-order valence-corrected chi connectivity index (χ4v) is 3.79. The lowest BCUT2D eigenvalue weighted by Crippen LogP contribution is -2.41. The van der Waals surface area contributed by atoms with Gasteiger partial charge in [-0.25, -0.2) is 4.98 Å². The molecule has 1 aliphatic heterocycles. The molecule has 0 saturated carbocycles. The van der Waals surface area contributed by atoms with E-state index in [1.807, 2.05) is 30.3 Å². The molecule has 1 saturated heterocycles.